The van der Waals surface area contributed by atoms with Crippen molar-refractivity contribution in [3.05, 3.63) is 65.2 Å². The number of anilines is 1. The average Bonchev–Trinajstić information content (AvgIpc) is 2.68. The number of amides is 1. The maximum absolute atomic E-state index is 12.7. The smallest absolute Gasteiger partial charge is 0.378 e. The zero-order chi connectivity index (χ0) is 20.3. The molecule has 3 rings (SSSR count). The molecule has 0 aliphatic carbocycles. The van der Waals surface area contributed by atoms with E-state index < -0.39 is 11.7 Å². The molecule has 0 radical (unpaired) electrons. The first-order valence-electron chi connectivity index (χ1n) is 9.19. The summed E-state index contributed by atoms with van der Waals surface area (Å²) in [6.07, 6.45) is -4.39. The van der Waals surface area contributed by atoms with E-state index in [9.17, 15) is 18.0 Å². The van der Waals surface area contributed by atoms with E-state index in [0.717, 1.165) is 37.5 Å². The van der Waals surface area contributed by atoms with E-state index in [2.05, 4.69) is 34.1 Å². The van der Waals surface area contributed by atoms with Gasteiger partial charge in [-0.1, -0.05) is 12.1 Å². The zero-order valence-electron chi connectivity index (χ0n) is 16.0. The van der Waals surface area contributed by atoms with E-state index in [1.165, 1.54) is 17.7 Å². The number of carbonyl (C=O) groups excluding carboxylic acids is 1. The highest BCUT2D eigenvalue weighted by atomic mass is 19.4. The molecule has 4 nitrogen and oxygen atoms in total. The molecule has 0 N–H and O–H groups in total. The van der Waals surface area contributed by atoms with Gasteiger partial charge < -0.3 is 9.80 Å². The van der Waals surface area contributed by atoms with Gasteiger partial charge in [0.25, 0.3) is 5.91 Å². The van der Waals surface area contributed by atoms with E-state index >= 15 is 0 Å². The van der Waals surface area contributed by atoms with Crippen molar-refractivity contribution >= 4 is 11.6 Å². The second-order valence-electron chi connectivity index (χ2n) is 7.20. The second-order valence-corrected chi connectivity index (χ2v) is 7.20. The quantitative estimate of drug-likeness (QED) is 0.795. The summed E-state index contributed by atoms with van der Waals surface area (Å²) in [6.45, 7) is 3.42. The van der Waals surface area contributed by atoms with Crippen LogP contribution in [0.3, 0.4) is 0 Å². The molecule has 0 atom stereocenters. The fraction of sp³-hybridized carbons (Fsp3) is 0.381. The number of nitrogens with zero attached hydrogens (tertiary/aromatic N) is 3. The Hall–Kier alpha value is -2.54. The van der Waals surface area contributed by atoms with Crippen LogP contribution in [0, 0.1) is 0 Å². The molecule has 0 saturated carbocycles. The van der Waals surface area contributed by atoms with Crippen LogP contribution in [0.5, 0.6) is 0 Å². The maximum Gasteiger partial charge on any atom is 0.416 e. The van der Waals surface area contributed by atoms with Crippen LogP contribution < -0.4 is 4.90 Å². The molecule has 28 heavy (non-hydrogen) atoms. The molecule has 1 saturated heterocycles. The highest BCUT2D eigenvalue weighted by Crippen LogP contribution is 2.29. The van der Waals surface area contributed by atoms with Crippen LogP contribution in [0.1, 0.15) is 21.5 Å². The summed E-state index contributed by atoms with van der Waals surface area (Å²) < 4.78 is 38.0. The van der Waals surface area contributed by atoms with Gasteiger partial charge in [0.2, 0.25) is 0 Å². The molecule has 0 spiro atoms. The van der Waals surface area contributed by atoms with Crippen LogP contribution >= 0.6 is 0 Å². The van der Waals surface area contributed by atoms with Crippen LogP contribution in [-0.2, 0) is 12.7 Å². The average molecular weight is 391 g/mol. The lowest BCUT2D eigenvalue weighted by atomic mass is 10.1. The van der Waals surface area contributed by atoms with Crippen molar-refractivity contribution in [3.8, 4) is 0 Å². The highest BCUT2D eigenvalue weighted by molar-refractivity contribution is 5.94. The van der Waals surface area contributed by atoms with Crippen LogP contribution in [0.2, 0.25) is 0 Å². The second kappa shape index (κ2) is 8.22. The number of alkyl halides is 3. The van der Waals surface area contributed by atoms with E-state index in [1.807, 2.05) is 14.1 Å². The maximum atomic E-state index is 12.7. The number of benzene rings is 2. The van der Waals surface area contributed by atoms with Crippen molar-refractivity contribution in [3.63, 3.8) is 0 Å². The summed E-state index contributed by atoms with van der Waals surface area (Å²) in [7, 11) is 4.00. The van der Waals surface area contributed by atoms with Crippen LogP contribution in [0.15, 0.2) is 48.5 Å². The Morgan fingerprint density at radius 2 is 1.50 bits per heavy atom. The van der Waals surface area contributed by atoms with Crippen molar-refractivity contribution in [1.29, 1.82) is 0 Å². The number of hydrogen-bond acceptors (Lipinski definition) is 3. The minimum absolute atomic E-state index is 0.219. The number of piperazine rings is 1. The molecule has 1 aliphatic rings. The topological polar surface area (TPSA) is 26.8 Å². The lowest BCUT2D eigenvalue weighted by Gasteiger charge is -2.35. The summed E-state index contributed by atoms with van der Waals surface area (Å²) >= 11 is 0. The molecule has 150 valence electrons. The third-order valence-electron chi connectivity index (χ3n) is 4.98. The number of carbonyl (C=O) groups is 1. The molecule has 0 aromatic heterocycles. The lowest BCUT2D eigenvalue weighted by molar-refractivity contribution is -0.137. The first-order chi connectivity index (χ1) is 13.2. The molecule has 2 aromatic carbocycles. The molecule has 1 amide bonds. The van der Waals surface area contributed by atoms with Gasteiger partial charge in [-0.25, -0.2) is 0 Å². The SMILES string of the molecule is CN(C)c1ccc(CN2CCN(C(=O)c3ccc(C(F)(F)F)cc3)CC2)cc1. The van der Waals surface area contributed by atoms with Gasteiger partial charge in [0.15, 0.2) is 0 Å². The Labute approximate surface area is 163 Å². The Morgan fingerprint density at radius 3 is 2.00 bits per heavy atom. The molecular weight excluding hydrogens is 367 g/mol. The first-order valence-corrected chi connectivity index (χ1v) is 9.19. The van der Waals surface area contributed by atoms with E-state index in [1.54, 1.807) is 4.90 Å². The number of rotatable bonds is 4. The zero-order valence-corrected chi connectivity index (χ0v) is 16.0. The van der Waals surface area contributed by atoms with Crippen molar-refractivity contribution in [2.24, 2.45) is 0 Å². The minimum Gasteiger partial charge on any atom is -0.378 e. The summed E-state index contributed by atoms with van der Waals surface area (Å²) in [5, 5.41) is 0. The van der Waals surface area contributed by atoms with Gasteiger partial charge in [0.05, 0.1) is 5.56 Å². The molecule has 7 heteroatoms. The number of halogens is 3. The molecule has 1 aliphatic heterocycles. The van der Waals surface area contributed by atoms with Crippen molar-refractivity contribution in [2.45, 2.75) is 12.7 Å². The molecule has 1 fully saturated rings. The van der Waals surface area contributed by atoms with Crippen LogP contribution in [-0.4, -0.2) is 56.0 Å². The van der Waals surface area contributed by atoms with Gasteiger partial charge in [-0.3, -0.25) is 9.69 Å². The predicted octanol–water partition coefficient (Wildman–Crippen LogP) is 3.73. The monoisotopic (exact) mass is 391 g/mol. The highest BCUT2D eigenvalue weighted by Gasteiger charge is 2.30. The molecular formula is C21H24F3N3O. The van der Waals surface area contributed by atoms with Gasteiger partial charge in [-0.05, 0) is 42.0 Å². The summed E-state index contributed by atoms with van der Waals surface area (Å²) in [4.78, 5) is 18.6. The van der Waals surface area contributed by atoms with Gasteiger partial charge >= 0.3 is 6.18 Å². The summed E-state index contributed by atoms with van der Waals surface area (Å²) in [6, 6.07) is 12.8. The summed E-state index contributed by atoms with van der Waals surface area (Å²) in [5.41, 5.74) is 1.92. The molecule has 0 unspecified atom stereocenters. The van der Waals surface area contributed by atoms with Crippen LogP contribution in [0.25, 0.3) is 0 Å². The molecule has 0 bridgehead atoms. The Bertz CT molecular complexity index is 793. The Morgan fingerprint density at radius 1 is 0.929 bits per heavy atom. The lowest BCUT2D eigenvalue weighted by Crippen LogP contribution is -2.48. The Kier molecular flexibility index (Phi) is 5.93. The minimum atomic E-state index is -4.39. The normalized spacial score (nSPS) is 15.5. The fourth-order valence-electron chi connectivity index (χ4n) is 3.25. The van der Waals surface area contributed by atoms with Crippen LogP contribution in [0.4, 0.5) is 18.9 Å². The Balaban J connectivity index is 1.54. The van der Waals surface area contributed by atoms with Gasteiger partial charge in [-0.2, -0.15) is 13.2 Å². The summed E-state index contributed by atoms with van der Waals surface area (Å²) in [5.74, 6) is -0.219. The van der Waals surface area contributed by atoms with E-state index in [-0.39, 0.29) is 5.91 Å². The largest absolute Gasteiger partial charge is 0.416 e. The van der Waals surface area contributed by atoms with Gasteiger partial charge in [0, 0.05) is 58.1 Å². The standard InChI is InChI=1S/C21H24F3N3O/c1-25(2)19-9-3-16(4-10-19)15-26-11-13-27(14-12-26)20(28)17-5-7-18(8-6-17)21(22,23)24/h3-10H,11-15H2,1-2H3. The van der Waals surface area contributed by atoms with E-state index in [4.69, 9.17) is 0 Å². The van der Waals surface area contributed by atoms with Gasteiger partial charge in [0.1, 0.15) is 0 Å². The number of hydrogen-bond donors (Lipinski definition) is 0. The molecule has 2 aromatic rings. The predicted molar refractivity (Wildman–Crippen MR) is 103 cm³/mol. The first kappa shape index (κ1) is 20.2. The third-order valence-corrected chi connectivity index (χ3v) is 4.98. The third kappa shape index (κ3) is 4.84. The molecule has 1 heterocycles. The van der Waals surface area contributed by atoms with Gasteiger partial charge in [-0.15, -0.1) is 0 Å². The van der Waals surface area contributed by atoms with E-state index in [0.29, 0.717) is 18.7 Å². The van der Waals surface area contributed by atoms with Crippen molar-refractivity contribution < 1.29 is 18.0 Å². The van der Waals surface area contributed by atoms with Crippen molar-refractivity contribution in [2.75, 3.05) is 45.2 Å². The van der Waals surface area contributed by atoms with Crippen molar-refractivity contribution in [1.82, 2.24) is 9.80 Å². The fourth-order valence-corrected chi connectivity index (χ4v) is 3.25.